The van der Waals surface area contributed by atoms with Gasteiger partial charge in [0.25, 0.3) is 0 Å². The van der Waals surface area contributed by atoms with E-state index in [-0.39, 0.29) is 11.6 Å². The standard InChI is InChI=1S/C19H28ClN3O4/c1-23(2)19(11-13-3-5-14(20)6-4-13)9-7-15(8-10-19)21-17(25)16(12-24)22-18(26)27/h3-6,15-16,22,24H,7-12H2,1-2H3,(H,21,25)(H,26,27). The Morgan fingerprint density at radius 2 is 1.85 bits per heavy atom. The number of halogens is 1. The van der Waals surface area contributed by atoms with Crippen LogP contribution in [0.15, 0.2) is 24.3 Å². The summed E-state index contributed by atoms with van der Waals surface area (Å²) in [6.45, 7) is -0.566. The fourth-order valence-corrected chi connectivity index (χ4v) is 3.83. The number of likely N-dealkylation sites (N-methyl/N-ethyl adjacent to an activating group) is 1. The molecule has 8 heteroatoms. The Morgan fingerprint density at radius 3 is 2.33 bits per heavy atom. The lowest BCUT2D eigenvalue weighted by atomic mass is 9.75. The molecule has 2 amide bonds. The van der Waals surface area contributed by atoms with E-state index in [1.807, 2.05) is 29.6 Å². The molecule has 27 heavy (non-hydrogen) atoms. The summed E-state index contributed by atoms with van der Waals surface area (Å²) in [5.41, 5.74) is 1.23. The fraction of sp³-hybridized carbons (Fsp3) is 0.579. The van der Waals surface area contributed by atoms with E-state index in [4.69, 9.17) is 16.7 Å². The van der Waals surface area contributed by atoms with E-state index in [2.05, 4.69) is 24.3 Å². The Morgan fingerprint density at radius 1 is 1.26 bits per heavy atom. The molecule has 1 unspecified atom stereocenters. The van der Waals surface area contributed by atoms with E-state index in [0.717, 1.165) is 37.1 Å². The van der Waals surface area contributed by atoms with Crippen LogP contribution in [0.5, 0.6) is 0 Å². The van der Waals surface area contributed by atoms with Gasteiger partial charge in [0.1, 0.15) is 6.04 Å². The molecule has 1 aliphatic carbocycles. The molecule has 0 saturated heterocycles. The Balaban J connectivity index is 1.96. The predicted octanol–water partition coefficient (Wildman–Crippen LogP) is 1.87. The lowest BCUT2D eigenvalue weighted by molar-refractivity contribution is -0.125. The third kappa shape index (κ3) is 5.82. The molecular formula is C19H28ClN3O4. The molecule has 0 aliphatic heterocycles. The molecule has 0 aromatic heterocycles. The summed E-state index contributed by atoms with van der Waals surface area (Å²) in [5.74, 6) is -0.486. The molecule has 1 atom stereocenters. The molecule has 7 nitrogen and oxygen atoms in total. The quantitative estimate of drug-likeness (QED) is 0.562. The number of nitrogens with one attached hydrogen (secondary N) is 2. The summed E-state index contributed by atoms with van der Waals surface area (Å²) >= 11 is 5.98. The average Bonchev–Trinajstić information content (AvgIpc) is 2.63. The lowest BCUT2D eigenvalue weighted by Crippen LogP contribution is -2.55. The van der Waals surface area contributed by atoms with Gasteiger partial charge in [-0.05, 0) is 63.9 Å². The van der Waals surface area contributed by atoms with Gasteiger partial charge >= 0.3 is 6.09 Å². The molecule has 150 valence electrons. The van der Waals surface area contributed by atoms with Crippen molar-refractivity contribution in [2.45, 2.75) is 49.7 Å². The van der Waals surface area contributed by atoms with Gasteiger partial charge in [-0.2, -0.15) is 0 Å². The topological polar surface area (TPSA) is 102 Å². The first kappa shape index (κ1) is 21.5. The Kier molecular flexibility index (Phi) is 7.47. The van der Waals surface area contributed by atoms with E-state index in [0.29, 0.717) is 0 Å². The van der Waals surface area contributed by atoms with E-state index in [9.17, 15) is 14.7 Å². The summed E-state index contributed by atoms with van der Waals surface area (Å²) < 4.78 is 0. The first-order chi connectivity index (χ1) is 12.8. The highest BCUT2D eigenvalue weighted by Gasteiger charge is 2.38. The molecule has 0 spiro atoms. The van der Waals surface area contributed by atoms with E-state index < -0.39 is 24.6 Å². The maximum atomic E-state index is 12.2. The number of carbonyl (C=O) groups is 2. The SMILES string of the molecule is CN(C)C1(Cc2ccc(Cl)cc2)CCC(NC(=O)C(CO)NC(=O)O)CC1. The Bertz CT molecular complexity index is 643. The van der Waals surface area contributed by atoms with Crippen LogP contribution in [-0.2, 0) is 11.2 Å². The molecule has 1 aliphatic rings. The van der Waals surface area contributed by atoms with Gasteiger partial charge < -0.3 is 25.7 Å². The molecular weight excluding hydrogens is 370 g/mol. The number of carbonyl (C=O) groups excluding carboxylic acids is 1. The predicted molar refractivity (Wildman–Crippen MR) is 104 cm³/mol. The van der Waals surface area contributed by atoms with Gasteiger partial charge in [-0.25, -0.2) is 4.79 Å². The van der Waals surface area contributed by atoms with Crippen molar-refractivity contribution >= 4 is 23.6 Å². The highest BCUT2D eigenvalue weighted by molar-refractivity contribution is 6.30. The minimum Gasteiger partial charge on any atom is -0.465 e. The minimum absolute atomic E-state index is 0.00471. The van der Waals surface area contributed by atoms with Crippen LogP contribution in [0.4, 0.5) is 4.79 Å². The summed E-state index contributed by atoms with van der Waals surface area (Å²) in [4.78, 5) is 25.1. The van der Waals surface area contributed by atoms with Crippen molar-refractivity contribution in [1.82, 2.24) is 15.5 Å². The Hall–Kier alpha value is -1.83. The monoisotopic (exact) mass is 397 g/mol. The number of aliphatic hydroxyl groups is 1. The number of carboxylic acid groups (broad SMARTS) is 1. The maximum Gasteiger partial charge on any atom is 0.405 e. The second-order valence-electron chi connectivity index (χ2n) is 7.39. The molecule has 1 fully saturated rings. The average molecular weight is 398 g/mol. The third-order valence-corrected chi connectivity index (χ3v) is 5.71. The normalized spacial score (nSPS) is 23.7. The van der Waals surface area contributed by atoms with Gasteiger partial charge in [0.2, 0.25) is 5.91 Å². The summed E-state index contributed by atoms with van der Waals surface area (Å²) in [5, 5.41) is 23.6. The maximum absolute atomic E-state index is 12.2. The first-order valence-electron chi connectivity index (χ1n) is 9.08. The van der Waals surface area contributed by atoms with Crippen molar-refractivity contribution in [1.29, 1.82) is 0 Å². The van der Waals surface area contributed by atoms with Gasteiger partial charge in [0.15, 0.2) is 0 Å². The fourth-order valence-electron chi connectivity index (χ4n) is 3.71. The number of aliphatic hydroxyl groups excluding tert-OH is 1. The van der Waals surface area contributed by atoms with Crippen molar-refractivity contribution < 1.29 is 19.8 Å². The highest BCUT2D eigenvalue weighted by Crippen LogP contribution is 2.35. The van der Waals surface area contributed by atoms with Crippen molar-refractivity contribution in [3.8, 4) is 0 Å². The molecule has 1 aromatic rings. The number of amides is 2. The van der Waals surface area contributed by atoms with Crippen LogP contribution in [0.3, 0.4) is 0 Å². The van der Waals surface area contributed by atoms with E-state index >= 15 is 0 Å². The molecule has 2 rings (SSSR count). The zero-order chi connectivity index (χ0) is 20.0. The number of nitrogens with zero attached hydrogens (tertiary/aromatic N) is 1. The van der Waals surface area contributed by atoms with Crippen LogP contribution in [0.25, 0.3) is 0 Å². The van der Waals surface area contributed by atoms with Gasteiger partial charge in [0.05, 0.1) is 6.61 Å². The van der Waals surface area contributed by atoms with Crippen LogP contribution in [-0.4, -0.2) is 65.4 Å². The van der Waals surface area contributed by atoms with Crippen molar-refractivity contribution in [2.75, 3.05) is 20.7 Å². The Labute approximate surface area is 164 Å². The van der Waals surface area contributed by atoms with Gasteiger partial charge in [-0.1, -0.05) is 23.7 Å². The van der Waals surface area contributed by atoms with Gasteiger partial charge in [0, 0.05) is 16.6 Å². The summed E-state index contributed by atoms with van der Waals surface area (Å²) in [7, 11) is 4.15. The molecule has 0 bridgehead atoms. The number of hydrogen-bond acceptors (Lipinski definition) is 4. The second-order valence-corrected chi connectivity index (χ2v) is 7.83. The number of hydrogen-bond donors (Lipinski definition) is 4. The zero-order valence-electron chi connectivity index (χ0n) is 15.7. The van der Waals surface area contributed by atoms with Crippen LogP contribution in [0.2, 0.25) is 5.02 Å². The summed E-state index contributed by atoms with van der Waals surface area (Å²) in [6, 6.07) is 6.72. The highest BCUT2D eigenvalue weighted by atomic mass is 35.5. The molecule has 0 radical (unpaired) electrons. The molecule has 4 N–H and O–H groups in total. The molecule has 0 heterocycles. The molecule has 1 aromatic carbocycles. The van der Waals surface area contributed by atoms with Crippen LogP contribution in [0, 0.1) is 0 Å². The minimum atomic E-state index is -1.33. The largest absolute Gasteiger partial charge is 0.465 e. The zero-order valence-corrected chi connectivity index (χ0v) is 16.5. The van der Waals surface area contributed by atoms with E-state index in [1.165, 1.54) is 5.56 Å². The van der Waals surface area contributed by atoms with Gasteiger partial charge in [-0.3, -0.25) is 4.79 Å². The summed E-state index contributed by atoms with van der Waals surface area (Å²) in [6.07, 6.45) is 2.97. The van der Waals surface area contributed by atoms with Crippen molar-refractivity contribution in [2.24, 2.45) is 0 Å². The lowest BCUT2D eigenvalue weighted by Gasteiger charge is -2.45. The van der Waals surface area contributed by atoms with Crippen LogP contribution >= 0.6 is 11.6 Å². The number of benzene rings is 1. The van der Waals surface area contributed by atoms with Crippen molar-refractivity contribution in [3.05, 3.63) is 34.9 Å². The second kappa shape index (κ2) is 9.39. The van der Waals surface area contributed by atoms with E-state index in [1.54, 1.807) is 0 Å². The van der Waals surface area contributed by atoms with Gasteiger partial charge in [-0.15, -0.1) is 0 Å². The van der Waals surface area contributed by atoms with Crippen LogP contribution in [0.1, 0.15) is 31.2 Å². The van der Waals surface area contributed by atoms with Crippen LogP contribution < -0.4 is 10.6 Å². The molecule has 1 saturated carbocycles. The third-order valence-electron chi connectivity index (χ3n) is 5.45. The van der Waals surface area contributed by atoms with Crippen molar-refractivity contribution in [3.63, 3.8) is 0 Å². The first-order valence-corrected chi connectivity index (χ1v) is 9.46. The number of rotatable bonds is 7. The smallest absolute Gasteiger partial charge is 0.405 e.